The SMILES string of the molecule is c1ccc(-n2c3ccccc3c3ccc(-c4cccc5c4c4ccccc4n5-c4ccc5c(c4)oc4ccccc45)cc32)cc1. The van der Waals surface area contributed by atoms with Crippen molar-refractivity contribution in [2.75, 3.05) is 0 Å². The summed E-state index contributed by atoms with van der Waals surface area (Å²) < 4.78 is 11.1. The molecule has 0 aliphatic heterocycles. The average molecular weight is 575 g/mol. The summed E-state index contributed by atoms with van der Waals surface area (Å²) in [4.78, 5) is 0. The molecule has 3 heteroatoms. The summed E-state index contributed by atoms with van der Waals surface area (Å²) >= 11 is 0. The predicted molar refractivity (Wildman–Crippen MR) is 188 cm³/mol. The molecular formula is C42H26N2O. The van der Waals surface area contributed by atoms with E-state index in [-0.39, 0.29) is 0 Å². The maximum absolute atomic E-state index is 6.31. The third kappa shape index (κ3) is 3.46. The molecule has 210 valence electrons. The molecule has 0 unspecified atom stereocenters. The smallest absolute Gasteiger partial charge is 0.137 e. The summed E-state index contributed by atoms with van der Waals surface area (Å²) in [6.07, 6.45) is 0. The van der Waals surface area contributed by atoms with Crippen LogP contribution in [0.5, 0.6) is 0 Å². The van der Waals surface area contributed by atoms with Crippen LogP contribution in [0.3, 0.4) is 0 Å². The van der Waals surface area contributed by atoms with Crippen molar-refractivity contribution in [2.24, 2.45) is 0 Å². The lowest BCUT2D eigenvalue weighted by molar-refractivity contribution is 0.668. The molecule has 0 saturated carbocycles. The van der Waals surface area contributed by atoms with Gasteiger partial charge in [-0.2, -0.15) is 0 Å². The molecule has 0 saturated heterocycles. The van der Waals surface area contributed by atoms with Gasteiger partial charge in [0.15, 0.2) is 0 Å². The lowest BCUT2D eigenvalue weighted by Crippen LogP contribution is -1.94. The molecule has 45 heavy (non-hydrogen) atoms. The van der Waals surface area contributed by atoms with Gasteiger partial charge in [-0.1, -0.05) is 97.1 Å². The topological polar surface area (TPSA) is 23.0 Å². The number of hydrogen-bond donors (Lipinski definition) is 0. The van der Waals surface area contributed by atoms with Gasteiger partial charge in [0.2, 0.25) is 0 Å². The van der Waals surface area contributed by atoms with Gasteiger partial charge in [-0.05, 0) is 65.7 Å². The van der Waals surface area contributed by atoms with E-state index in [0.717, 1.165) is 33.3 Å². The zero-order chi connectivity index (χ0) is 29.5. The van der Waals surface area contributed by atoms with Gasteiger partial charge in [-0.25, -0.2) is 0 Å². The van der Waals surface area contributed by atoms with Crippen LogP contribution in [0.15, 0.2) is 162 Å². The molecule has 0 aliphatic rings. The summed E-state index contributed by atoms with van der Waals surface area (Å²) in [5.74, 6) is 0. The normalized spacial score (nSPS) is 12.0. The van der Waals surface area contributed by atoms with Crippen molar-refractivity contribution < 1.29 is 4.42 Å². The highest BCUT2D eigenvalue weighted by Gasteiger charge is 2.19. The van der Waals surface area contributed by atoms with Gasteiger partial charge in [0, 0.05) is 49.8 Å². The van der Waals surface area contributed by atoms with Gasteiger partial charge in [-0.3, -0.25) is 0 Å². The standard InChI is InChI=1S/C42H26N2O/c1-2-11-28(12-3-1)43-36-17-7-4-13-31(36)32-23-21-27(25-39(32)43)30-16-10-19-38-42(30)35-15-5-8-18-37(35)44(38)29-22-24-34-33-14-6-9-20-40(33)45-41(34)26-29/h1-26H. The predicted octanol–water partition coefficient (Wildman–Crippen LogP) is 11.4. The van der Waals surface area contributed by atoms with Crippen LogP contribution >= 0.6 is 0 Å². The van der Waals surface area contributed by atoms with Crippen LogP contribution in [0.1, 0.15) is 0 Å². The van der Waals surface area contributed by atoms with E-state index in [1.165, 1.54) is 54.7 Å². The molecule has 0 atom stereocenters. The minimum atomic E-state index is 0.898. The second kappa shape index (κ2) is 9.22. The van der Waals surface area contributed by atoms with Gasteiger partial charge in [-0.15, -0.1) is 0 Å². The molecule has 0 bridgehead atoms. The first kappa shape index (κ1) is 24.4. The van der Waals surface area contributed by atoms with E-state index < -0.39 is 0 Å². The second-order valence-electron chi connectivity index (χ2n) is 11.8. The molecule has 0 radical (unpaired) electrons. The van der Waals surface area contributed by atoms with Gasteiger partial charge in [0.25, 0.3) is 0 Å². The van der Waals surface area contributed by atoms with Gasteiger partial charge >= 0.3 is 0 Å². The lowest BCUT2D eigenvalue weighted by Gasteiger charge is -2.10. The molecule has 3 aromatic heterocycles. The maximum Gasteiger partial charge on any atom is 0.137 e. The number of nitrogens with zero attached hydrogens (tertiary/aromatic N) is 2. The lowest BCUT2D eigenvalue weighted by atomic mass is 9.98. The molecule has 0 aliphatic carbocycles. The van der Waals surface area contributed by atoms with Crippen molar-refractivity contribution in [3.05, 3.63) is 158 Å². The fourth-order valence-electron chi connectivity index (χ4n) is 7.39. The fourth-order valence-corrected chi connectivity index (χ4v) is 7.39. The quantitative estimate of drug-likeness (QED) is 0.206. The van der Waals surface area contributed by atoms with E-state index in [1.54, 1.807) is 0 Å². The summed E-state index contributed by atoms with van der Waals surface area (Å²) in [5, 5.41) is 7.28. The van der Waals surface area contributed by atoms with Crippen LogP contribution < -0.4 is 0 Å². The fraction of sp³-hybridized carbons (Fsp3) is 0. The molecule has 0 spiro atoms. The minimum Gasteiger partial charge on any atom is -0.456 e. The largest absolute Gasteiger partial charge is 0.456 e. The van der Waals surface area contributed by atoms with E-state index in [4.69, 9.17) is 4.42 Å². The first-order valence-electron chi connectivity index (χ1n) is 15.4. The number of aromatic nitrogens is 2. The molecule has 7 aromatic carbocycles. The van der Waals surface area contributed by atoms with Crippen molar-refractivity contribution in [1.82, 2.24) is 9.13 Å². The van der Waals surface area contributed by atoms with Crippen molar-refractivity contribution in [3.63, 3.8) is 0 Å². The van der Waals surface area contributed by atoms with Crippen LogP contribution in [0.4, 0.5) is 0 Å². The van der Waals surface area contributed by atoms with Crippen LogP contribution in [0.2, 0.25) is 0 Å². The van der Waals surface area contributed by atoms with E-state index in [0.29, 0.717) is 0 Å². The third-order valence-electron chi connectivity index (χ3n) is 9.32. The zero-order valence-corrected chi connectivity index (χ0v) is 24.3. The number of furan rings is 1. The maximum atomic E-state index is 6.31. The van der Waals surface area contributed by atoms with Crippen molar-refractivity contribution in [1.29, 1.82) is 0 Å². The Morgan fingerprint density at radius 2 is 0.978 bits per heavy atom. The highest BCUT2D eigenvalue weighted by Crippen LogP contribution is 2.41. The Kier molecular flexibility index (Phi) is 5.00. The Labute approximate surface area is 258 Å². The Hall–Kier alpha value is -6.06. The van der Waals surface area contributed by atoms with E-state index >= 15 is 0 Å². The summed E-state index contributed by atoms with van der Waals surface area (Å²) in [7, 11) is 0. The Bertz CT molecular complexity index is 2760. The Balaban J connectivity index is 1.24. The third-order valence-corrected chi connectivity index (χ3v) is 9.32. The molecule has 0 fully saturated rings. The van der Waals surface area contributed by atoms with Crippen LogP contribution in [0, 0.1) is 0 Å². The van der Waals surface area contributed by atoms with Crippen molar-refractivity contribution in [3.8, 4) is 22.5 Å². The summed E-state index contributed by atoms with van der Waals surface area (Å²) in [6, 6.07) is 56.6. The number of rotatable bonds is 3. The van der Waals surface area contributed by atoms with Gasteiger partial charge < -0.3 is 13.6 Å². The number of benzene rings is 7. The molecular weight excluding hydrogens is 548 g/mol. The summed E-state index contributed by atoms with van der Waals surface area (Å²) in [6.45, 7) is 0. The summed E-state index contributed by atoms with van der Waals surface area (Å²) in [5.41, 5.74) is 11.3. The van der Waals surface area contributed by atoms with Crippen LogP contribution in [0.25, 0.3) is 88.1 Å². The second-order valence-corrected chi connectivity index (χ2v) is 11.8. The molecule has 3 nitrogen and oxygen atoms in total. The van der Waals surface area contributed by atoms with Crippen LogP contribution in [-0.4, -0.2) is 9.13 Å². The average Bonchev–Trinajstić information content (AvgIpc) is 3.75. The van der Waals surface area contributed by atoms with E-state index in [2.05, 4.69) is 155 Å². The minimum absolute atomic E-state index is 0.898. The molecule has 0 N–H and O–H groups in total. The van der Waals surface area contributed by atoms with E-state index in [9.17, 15) is 0 Å². The van der Waals surface area contributed by atoms with Crippen molar-refractivity contribution >= 4 is 65.6 Å². The molecule has 10 aromatic rings. The first-order valence-corrected chi connectivity index (χ1v) is 15.4. The van der Waals surface area contributed by atoms with Crippen molar-refractivity contribution in [2.45, 2.75) is 0 Å². The van der Waals surface area contributed by atoms with Crippen LogP contribution in [-0.2, 0) is 0 Å². The first-order chi connectivity index (χ1) is 22.3. The Morgan fingerprint density at radius 1 is 0.356 bits per heavy atom. The Morgan fingerprint density at radius 3 is 1.84 bits per heavy atom. The highest BCUT2D eigenvalue weighted by molar-refractivity contribution is 6.17. The monoisotopic (exact) mass is 574 g/mol. The number of para-hydroxylation sites is 4. The number of fused-ring (bicyclic) bond motifs is 9. The highest BCUT2D eigenvalue weighted by atomic mass is 16.3. The molecule has 10 rings (SSSR count). The zero-order valence-electron chi connectivity index (χ0n) is 24.3. The van der Waals surface area contributed by atoms with E-state index in [1.807, 2.05) is 12.1 Å². The van der Waals surface area contributed by atoms with Gasteiger partial charge in [0.05, 0.1) is 22.1 Å². The molecule has 3 heterocycles. The number of hydrogen-bond acceptors (Lipinski definition) is 1. The molecule has 0 amide bonds. The van der Waals surface area contributed by atoms with Gasteiger partial charge in [0.1, 0.15) is 11.2 Å².